The zero-order valence-electron chi connectivity index (χ0n) is 15.6. The lowest BCUT2D eigenvalue weighted by molar-refractivity contribution is 0.204. The summed E-state index contributed by atoms with van der Waals surface area (Å²) in [6, 6.07) is 15.4. The van der Waals surface area contributed by atoms with E-state index < -0.39 is 0 Å². The molecule has 0 radical (unpaired) electrons. The molecule has 134 valence electrons. The molecular weight excluding hydrogens is 310 g/mol. The van der Waals surface area contributed by atoms with Gasteiger partial charge in [-0.1, -0.05) is 37.3 Å². The van der Waals surface area contributed by atoms with Crippen LogP contribution in [-0.4, -0.2) is 32.2 Å². The average Bonchev–Trinajstić information content (AvgIpc) is 2.68. The van der Waals surface area contributed by atoms with Gasteiger partial charge in [0.1, 0.15) is 0 Å². The van der Waals surface area contributed by atoms with Crippen molar-refractivity contribution in [2.75, 3.05) is 27.3 Å². The standard InChI is InChI=1S/C22H29NO2/c1-4-17-5-8-19(9-6-17)20-11-13-23(14-12-20)16-18-7-10-21(24-2)22(15-18)25-3/h5-10,15,20H,4,11-14,16H2,1-3H3. The lowest BCUT2D eigenvalue weighted by Gasteiger charge is -2.32. The van der Waals surface area contributed by atoms with E-state index in [2.05, 4.69) is 48.2 Å². The van der Waals surface area contributed by atoms with Gasteiger partial charge in [-0.15, -0.1) is 0 Å². The molecule has 0 spiro atoms. The van der Waals surface area contributed by atoms with Gasteiger partial charge < -0.3 is 9.47 Å². The number of benzene rings is 2. The number of nitrogens with zero attached hydrogens (tertiary/aromatic N) is 1. The highest BCUT2D eigenvalue weighted by molar-refractivity contribution is 5.42. The Labute approximate surface area is 151 Å². The second-order valence-corrected chi connectivity index (χ2v) is 6.83. The van der Waals surface area contributed by atoms with E-state index in [1.807, 2.05) is 6.07 Å². The van der Waals surface area contributed by atoms with Gasteiger partial charge in [0.15, 0.2) is 11.5 Å². The summed E-state index contributed by atoms with van der Waals surface area (Å²) in [6.45, 7) is 5.48. The summed E-state index contributed by atoms with van der Waals surface area (Å²) in [7, 11) is 3.37. The molecule has 0 aromatic heterocycles. The topological polar surface area (TPSA) is 21.7 Å². The number of aryl methyl sites for hydroxylation is 1. The molecule has 1 fully saturated rings. The molecule has 1 aliphatic rings. The summed E-state index contributed by atoms with van der Waals surface area (Å²) in [5, 5.41) is 0. The lowest BCUT2D eigenvalue weighted by Crippen LogP contribution is -2.32. The molecule has 0 atom stereocenters. The molecule has 3 nitrogen and oxygen atoms in total. The minimum Gasteiger partial charge on any atom is -0.493 e. The fourth-order valence-electron chi connectivity index (χ4n) is 3.69. The maximum atomic E-state index is 5.42. The molecule has 0 amide bonds. The number of ether oxygens (including phenoxy) is 2. The fraction of sp³-hybridized carbons (Fsp3) is 0.455. The monoisotopic (exact) mass is 339 g/mol. The molecule has 3 heteroatoms. The highest BCUT2D eigenvalue weighted by Gasteiger charge is 2.21. The molecule has 0 N–H and O–H groups in total. The number of piperidine rings is 1. The van der Waals surface area contributed by atoms with E-state index in [9.17, 15) is 0 Å². The van der Waals surface area contributed by atoms with Crippen molar-refractivity contribution in [1.29, 1.82) is 0 Å². The van der Waals surface area contributed by atoms with Gasteiger partial charge in [0, 0.05) is 6.54 Å². The summed E-state index contributed by atoms with van der Waals surface area (Å²) in [5.41, 5.74) is 4.21. The Morgan fingerprint density at radius 3 is 2.12 bits per heavy atom. The number of hydrogen-bond acceptors (Lipinski definition) is 3. The maximum Gasteiger partial charge on any atom is 0.161 e. The highest BCUT2D eigenvalue weighted by Crippen LogP contribution is 2.31. The van der Waals surface area contributed by atoms with Gasteiger partial charge in [0.2, 0.25) is 0 Å². The number of rotatable bonds is 6. The first-order chi connectivity index (χ1) is 12.2. The van der Waals surface area contributed by atoms with Crippen LogP contribution in [0.3, 0.4) is 0 Å². The molecule has 1 heterocycles. The Kier molecular flexibility index (Phi) is 5.98. The Morgan fingerprint density at radius 2 is 1.52 bits per heavy atom. The first kappa shape index (κ1) is 17.8. The van der Waals surface area contributed by atoms with Crippen LogP contribution in [0.4, 0.5) is 0 Å². The second-order valence-electron chi connectivity index (χ2n) is 6.83. The largest absolute Gasteiger partial charge is 0.493 e. The normalized spacial score (nSPS) is 16.0. The van der Waals surface area contributed by atoms with Gasteiger partial charge in [-0.3, -0.25) is 4.90 Å². The van der Waals surface area contributed by atoms with E-state index in [0.29, 0.717) is 5.92 Å². The van der Waals surface area contributed by atoms with Crippen molar-refractivity contribution in [2.24, 2.45) is 0 Å². The summed E-state index contributed by atoms with van der Waals surface area (Å²) < 4.78 is 10.7. The van der Waals surface area contributed by atoms with Gasteiger partial charge in [-0.05, 0) is 67.1 Å². The molecule has 1 saturated heterocycles. The number of likely N-dealkylation sites (tertiary alicyclic amines) is 1. The molecule has 0 bridgehead atoms. The Hall–Kier alpha value is -2.00. The zero-order chi connectivity index (χ0) is 17.6. The molecule has 25 heavy (non-hydrogen) atoms. The summed E-state index contributed by atoms with van der Waals surface area (Å²) in [5.74, 6) is 2.30. The summed E-state index contributed by atoms with van der Waals surface area (Å²) in [6.07, 6.45) is 3.58. The van der Waals surface area contributed by atoms with Crippen LogP contribution in [0.5, 0.6) is 11.5 Å². The minimum atomic E-state index is 0.701. The van der Waals surface area contributed by atoms with Crippen LogP contribution in [0.2, 0.25) is 0 Å². The number of methoxy groups -OCH3 is 2. The molecule has 0 saturated carbocycles. The van der Waals surface area contributed by atoms with Crippen LogP contribution in [0.15, 0.2) is 42.5 Å². The smallest absolute Gasteiger partial charge is 0.161 e. The molecule has 3 rings (SSSR count). The molecule has 1 aliphatic heterocycles. The first-order valence-corrected chi connectivity index (χ1v) is 9.25. The van der Waals surface area contributed by atoms with Crippen molar-refractivity contribution in [3.05, 3.63) is 59.2 Å². The first-order valence-electron chi connectivity index (χ1n) is 9.25. The van der Waals surface area contributed by atoms with E-state index in [4.69, 9.17) is 9.47 Å². The third kappa shape index (κ3) is 4.35. The summed E-state index contributed by atoms with van der Waals surface area (Å²) >= 11 is 0. The molecular formula is C22H29NO2. The number of hydrogen-bond donors (Lipinski definition) is 0. The van der Waals surface area contributed by atoms with Crippen LogP contribution in [0.1, 0.15) is 42.4 Å². The van der Waals surface area contributed by atoms with Gasteiger partial charge in [-0.25, -0.2) is 0 Å². The highest BCUT2D eigenvalue weighted by atomic mass is 16.5. The molecule has 0 unspecified atom stereocenters. The van der Waals surface area contributed by atoms with E-state index in [1.54, 1.807) is 14.2 Å². The van der Waals surface area contributed by atoms with Crippen molar-refractivity contribution in [3.8, 4) is 11.5 Å². The van der Waals surface area contributed by atoms with Crippen LogP contribution in [-0.2, 0) is 13.0 Å². The Bertz CT molecular complexity index is 673. The minimum absolute atomic E-state index is 0.701. The van der Waals surface area contributed by atoms with Gasteiger partial charge in [0.25, 0.3) is 0 Å². The van der Waals surface area contributed by atoms with Crippen LogP contribution < -0.4 is 9.47 Å². The van der Waals surface area contributed by atoms with Crippen molar-refractivity contribution >= 4 is 0 Å². The third-order valence-corrected chi connectivity index (χ3v) is 5.30. The zero-order valence-corrected chi connectivity index (χ0v) is 15.6. The average molecular weight is 339 g/mol. The van der Waals surface area contributed by atoms with Crippen molar-refractivity contribution in [3.63, 3.8) is 0 Å². The third-order valence-electron chi connectivity index (χ3n) is 5.30. The SMILES string of the molecule is CCc1ccc(C2CCN(Cc3ccc(OC)c(OC)c3)CC2)cc1. The summed E-state index contributed by atoms with van der Waals surface area (Å²) in [4.78, 5) is 2.54. The van der Waals surface area contributed by atoms with Crippen LogP contribution in [0.25, 0.3) is 0 Å². The van der Waals surface area contributed by atoms with Crippen LogP contribution in [0, 0.1) is 0 Å². The van der Waals surface area contributed by atoms with Gasteiger partial charge in [-0.2, -0.15) is 0 Å². The Morgan fingerprint density at radius 1 is 0.880 bits per heavy atom. The van der Waals surface area contributed by atoms with E-state index >= 15 is 0 Å². The van der Waals surface area contributed by atoms with Crippen molar-refractivity contribution in [1.82, 2.24) is 4.90 Å². The fourth-order valence-corrected chi connectivity index (χ4v) is 3.69. The van der Waals surface area contributed by atoms with Gasteiger partial charge >= 0.3 is 0 Å². The molecule has 2 aromatic rings. The Balaban J connectivity index is 1.57. The van der Waals surface area contributed by atoms with E-state index in [1.165, 1.54) is 29.5 Å². The maximum absolute atomic E-state index is 5.42. The van der Waals surface area contributed by atoms with E-state index in [-0.39, 0.29) is 0 Å². The predicted octanol–water partition coefficient (Wildman–Crippen LogP) is 4.65. The molecule has 2 aromatic carbocycles. The lowest BCUT2D eigenvalue weighted by atomic mass is 9.88. The quantitative estimate of drug-likeness (QED) is 0.765. The predicted molar refractivity (Wildman–Crippen MR) is 103 cm³/mol. The van der Waals surface area contributed by atoms with E-state index in [0.717, 1.165) is 37.6 Å². The molecule has 0 aliphatic carbocycles. The van der Waals surface area contributed by atoms with Crippen molar-refractivity contribution in [2.45, 2.75) is 38.6 Å². The van der Waals surface area contributed by atoms with Crippen LogP contribution >= 0.6 is 0 Å². The van der Waals surface area contributed by atoms with Crippen molar-refractivity contribution < 1.29 is 9.47 Å². The second kappa shape index (κ2) is 8.39. The van der Waals surface area contributed by atoms with Gasteiger partial charge in [0.05, 0.1) is 14.2 Å².